The van der Waals surface area contributed by atoms with E-state index in [9.17, 15) is 8.42 Å². The molecule has 1 aromatic rings. The number of ether oxygens (including phenoxy) is 1. The van der Waals surface area contributed by atoms with Crippen LogP contribution >= 0.6 is 0 Å². The first-order chi connectivity index (χ1) is 8.57. The fourth-order valence-electron chi connectivity index (χ4n) is 1.84. The minimum absolute atomic E-state index is 0.0303. The number of hydrogen-bond acceptors (Lipinski definition) is 6. The molecule has 1 aliphatic heterocycles. The highest BCUT2D eigenvalue weighted by Gasteiger charge is 2.32. The number of anilines is 1. The van der Waals surface area contributed by atoms with Gasteiger partial charge in [-0.3, -0.25) is 0 Å². The molecule has 2 rings (SSSR count). The smallest absolute Gasteiger partial charge is 0.246 e. The van der Waals surface area contributed by atoms with Crippen LogP contribution in [0.5, 0.6) is 0 Å². The Kier molecular flexibility index (Phi) is 3.79. The SMILES string of the molecule is CNc1ncc(S(=O)(=O)N2CCC(OC)C2)cn1. The molecule has 8 heteroatoms. The van der Waals surface area contributed by atoms with Crippen LogP contribution in [0.15, 0.2) is 17.3 Å². The van der Waals surface area contributed by atoms with Gasteiger partial charge in [0, 0.05) is 27.2 Å². The van der Waals surface area contributed by atoms with Crippen LogP contribution in [0.3, 0.4) is 0 Å². The lowest BCUT2D eigenvalue weighted by Gasteiger charge is -2.15. The van der Waals surface area contributed by atoms with Crippen molar-refractivity contribution in [3.63, 3.8) is 0 Å². The first-order valence-corrected chi connectivity index (χ1v) is 7.04. The number of sulfonamides is 1. The summed E-state index contributed by atoms with van der Waals surface area (Å²) in [5, 5.41) is 2.74. The maximum Gasteiger partial charge on any atom is 0.246 e. The summed E-state index contributed by atoms with van der Waals surface area (Å²) in [4.78, 5) is 7.94. The second-order valence-corrected chi connectivity index (χ2v) is 5.94. The molecule has 18 heavy (non-hydrogen) atoms. The van der Waals surface area contributed by atoms with Crippen LogP contribution in [0.1, 0.15) is 6.42 Å². The van der Waals surface area contributed by atoms with Crippen LogP contribution in [0.4, 0.5) is 5.95 Å². The van der Waals surface area contributed by atoms with Crippen LogP contribution in [0, 0.1) is 0 Å². The van der Waals surface area contributed by atoms with E-state index in [1.165, 1.54) is 16.7 Å². The van der Waals surface area contributed by atoms with E-state index in [-0.39, 0.29) is 11.0 Å². The zero-order chi connectivity index (χ0) is 13.2. The molecule has 1 aromatic heterocycles. The molecule has 0 aromatic carbocycles. The van der Waals surface area contributed by atoms with Crippen molar-refractivity contribution in [3.05, 3.63) is 12.4 Å². The number of rotatable bonds is 4. The van der Waals surface area contributed by atoms with E-state index in [0.717, 1.165) is 0 Å². The number of hydrogen-bond donors (Lipinski definition) is 1. The van der Waals surface area contributed by atoms with E-state index >= 15 is 0 Å². The first kappa shape index (κ1) is 13.2. The van der Waals surface area contributed by atoms with Crippen molar-refractivity contribution < 1.29 is 13.2 Å². The second-order valence-electron chi connectivity index (χ2n) is 4.00. The van der Waals surface area contributed by atoms with Crippen molar-refractivity contribution in [2.45, 2.75) is 17.4 Å². The van der Waals surface area contributed by atoms with Crippen molar-refractivity contribution in [1.29, 1.82) is 0 Å². The maximum absolute atomic E-state index is 12.3. The van der Waals surface area contributed by atoms with Crippen LogP contribution in [0.25, 0.3) is 0 Å². The predicted molar refractivity (Wildman–Crippen MR) is 65.8 cm³/mol. The standard InChI is InChI=1S/C10H16N4O3S/c1-11-10-12-5-9(6-13-10)18(15,16)14-4-3-8(7-14)17-2/h5-6,8H,3-4,7H2,1-2H3,(H,11,12,13). The molecule has 0 amide bonds. The lowest BCUT2D eigenvalue weighted by molar-refractivity contribution is 0.115. The van der Waals surface area contributed by atoms with Crippen molar-refractivity contribution in [1.82, 2.24) is 14.3 Å². The van der Waals surface area contributed by atoms with Gasteiger partial charge in [0.15, 0.2) is 0 Å². The molecule has 0 saturated carbocycles. The molecule has 100 valence electrons. The zero-order valence-electron chi connectivity index (χ0n) is 10.3. The third-order valence-corrected chi connectivity index (χ3v) is 4.75. The normalized spacial score (nSPS) is 21.1. The quantitative estimate of drug-likeness (QED) is 0.826. The maximum atomic E-state index is 12.3. The van der Waals surface area contributed by atoms with Crippen molar-refractivity contribution in [2.24, 2.45) is 0 Å². The molecule has 2 heterocycles. The number of methoxy groups -OCH3 is 1. The minimum Gasteiger partial charge on any atom is -0.380 e. The van der Waals surface area contributed by atoms with E-state index in [4.69, 9.17) is 4.74 Å². The Morgan fingerprint density at radius 1 is 1.44 bits per heavy atom. The molecule has 7 nitrogen and oxygen atoms in total. The summed E-state index contributed by atoms with van der Waals surface area (Å²) in [6, 6.07) is 0. The second kappa shape index (κ2) is 5.17. The fraction of sp³-hybridized carbons (Fsp3) is 0.600. The average Bonchev–Trinajstić information content (AvgIpc) is 2.88. The number of nitrogens with one attached hydrogen (secondary N) is 1. The highest BCUT2D eigenvalue weighted by Crippen LogP contribution is 2.21. The molecular weight excluding hydrogens is 256 g/mol. The number of aromatic nitrogens is 2. The summed E-state index contributed by atoms with van der Waals surface area (Å²) in [6.07, 6.45) is 3.31. The minimum atomic E-state index is -3.51. The highest BCUT2D eigenvalue weighted by molar-refractivity contribution is 7.89. The summed E-state index contributed by atoms with van der Waals surface area (Å²) in [7, 11) is -0.243. The molecule has 0 spiro atoms. The molecule has 0 radical (unpaired) electrons. The summed E-state index contributed by atoms with van der Waals surface area (Å²) in [5.41, 5.74) is 0. The van der Waals surface area contributed by atoms with E-state index in [2.05, 4.69) is 15.3 Å². The van der Waals surface area contributed by atoms with Gasteiger partial charge in [0.25, 0.3) is 0 Å². The molecular formula is C10H16N4O3S. The van der Waals surface area contributed by atoms with Gasteiger partial charge < -0.3 is 10.1 Å². The summed E-state index contributed by atoms with van der Waals surface area (Å²) >= 11 is 0. The molecule has 1 saturated heterocycles. The van der Waals surface area contributed by atoms with Crippen LogP contribution < -0.4 is 5.32 Å². The molecule has 0 aliphatic carbocycles. The van der Waals surface area contributed by atoms with Gasteiger partial charge in [-0.05, 0) is 6.42 Å². The lowest BCUT2D eigenvalue weighted by atomic mass is 10.3. The average molecular weight is 272 g/mol. The molecule has 1 fully saturated rings. The Hall–Kier alpha value is -1.25. The third kappa shape index (κ3) is 2.45. The largest absolute Gasteiger partial charge is 0.380 e. The molecule has 1 N–H and O–H groups in total. The van der Waals surface area contributed by atoms with Gasteiger partial charge in [0.1, 0.15) is 4.90 Å². The van der Waals surface area contributed by atoms with Gasteiger partial charge in [0.2, 0.25) is 16.0 Å². The molecule has 1 aliphatic rings. The van der Waals surface area contributed by atoms with E-state index < -0.39 is 10.0 Å². The zero-order valence-corrected chi connectivity index (χ0v) is 11.1. The Bertz CT molecular complexity index is 502. The van der Waals surface area contributed by atoms with Crippen molar-refractivity contribution in [2.75, 3.05) is 32.6 Å². The van der Waals surface area contributed by atoms with E-state index in [1.807, 2.05) is 0 Å². The Morgan fingerprint density at radius 2 is 2.11 bits per heavy atom. The van der Waals surface area contributed by atoms with Crippen molar-refractivity contribution in [3.8, 4) is 0 Å². The summed E-state index contributed by atoms with van der Waals surface area (Å²) in [6.45, 7) is 0.848. The van der Waals surface area contributed by atoms with Gasteiger partial charge in [0.05, 0.1) is 18.5 Å². The predicted octanol–water partition coefficient (Wildman–Crippen LogP) is -0.0723. The van der Waals surface area contributed by atoms with Gasteiger partial charge in [-0.2, -0.15) is 4.31 Å². The summed E-state index contributed by atoms with van der Waals surface area (Å²) in [5.74, 6) is 0.394. The van der Waals surface area contributed by atoms with Gasteiger partial charge in [-0.25, -0.2) is 18.4 Å². The van der Waals surface area contributed by atoms with Crippen LogP contribution in [0.2, 0.25) is 0 Å². The van der Waals surface area contributed by atoms with Gasteiger partial charge >= 0.3 is 0 Å². The van der Waals surface area contributed by atoms with Crippen LogP contribution in [-0.2, 0) is 14.8 Å². The highest BCUT2D eigenvalue weighted by atomic mass is 32.2. The first-order valence-electron chi connectivity index (χ1n) is 5.60. The Labute approximate surface area is 106 Å². The third-order valence-electron chi connectivity index (χ3n) is 2.93. The Morgan fingerprint density at radius 3 is 2.61 bits per heavy atom. The topological polar surface area (TPSA) is 84.4 Å². The summed E-state index contributed by atoms with van der Waals surface area (Å²) < 4.78 is 31.1. The lowest BCUT2D eigenvalue weighted by Crippen LogP contribution is -2.30. The molecule has 0 bridgehead atoms. The number of nitrogens with zero attached hydrogens (tertiary/aromatic N) is 3. The van der Waals surface area contributed by atoms with E-state index in [0.29, 0.717) is 25.5 Å². The molecule has 1 unspecified atom stereocenters. The molecule has 1 atom stereocenters. The van der Waals surface area contributed by atoms with Crippen molar-refractivity contribution >= 4 is 16.0 Å². The van der Waals surface area contributed by atoms with E-state index in [1.54, 1.807) is 14.2 Å². The van der Waals surface area contributed by atoms with Crippen LogP contribution in [-0.4, -0.2) is 56.0 Å². The monoisotopic (exact) mass is 272 g/mol. The van der Waals surface area contributed by atoms with Gasteiger partial charge in [-0.15, -0.1) is 0 Å². The Balaban J connectivity index is 2.20. The van der Waals surface area contributed by atoms with Gasteiger partial charge in [-0.1, -0.05) is 0 Å². The fourth-order valence-corrected chi connectivity index (χ4v) is 3.21.